The zero-order valence-electron chi connectivity index (χ0n) is 10.4. The highest BCUT2D eigenvalue weighted by atomic mass is 35.5. The van der Waals surface area contributed by atoms with E-state index in [4.69, 9.17) is 11.6 Å². The average molecular weight is 268 g/mol. The second-order valence-electron chi connectivity index (χ2n) is 4.16. The van der Waals surface area contributed by atoms with Crippen molar-refractivity contribution in [1.29, 1.82) is 0 Å². The van der Waals surface area contributed by atoms with Crippen LogP contribution in [0.5, 0.6) is 0 Å². The molecule has 1 aromatic heterocycles. The van der Waals surface area contributed by atoms with E-state index in [2.05, 4.69) is 10.4 Å². The molecule has 0 saturated carbocycles. The second-order valence-corrected chi connectivity index (χ2v) is 4.54. The van der Waals surface area contributed by atoms with Gasteiger partial charge in [0.15, 0.2) is 0 Å². The molecule has 96 valence electrons. The molecule has 2 aromatic rings. The Labute approximate surface area is 111 Å². The Morgan fingerprint density at radius 2 is 2.06 bits per heavy atom. The normalized spacial score (nSPS) is 10.9. The smallest absolute Gasteiger partial charge is 0.127 e. The van der Waals surface area contributed by atoms with Crippen molar-refractivity contribution in [2.75, 3.05) is 0 Å². The van der Waals surface area contributed by atoms with Crippen molar-refractivity contribution in [3.63, 3.8) is 0 Å². The van der Waals surface area contributed by atoms with Crippen molar-refractivity contribution in [3.05, 3.63) is 52.1 Å². The van der Waals surface area contributed by atoms with Gasteiger partial charge in [0.05, 0.1) is 16.4 Å². The standard InChI is InChI=1S/C13H15ClFN3/c1-9-13(14)12(18(2)17-9)8-16-7-10-5-3-4-6-11(10)15/h3-6,16H,7-8H2,1-2H3. The number of benzene rings is 1. The van der Waals surface area contributed by atoms with Gasteiger partial charge in [-0.15, -0.1) is 0 Å². The molecule has 0 fully saturated rings. The van der Waals surface area contributed by atoms with Crippen LogP contribution < -0.4 is 5.32 Å². The molecule has 0 aliphatic heterocycles. The van der Waals surface area contributed by atoms with Crippen LogP contribution in [0.3, 0.4) is 0 Å². The Kier molecular flexibility index (Phi) is 3.99. The first-order valence-corrected chi connectivity index (χ1v) is 6.09. The Hall–Kier alpha value is -1.39. The number of hydrogen-bond acceptors (Lipinski definition) is 2. The van der Waals surface area contributed by atoms with Crippen LogP contribution in [0, 0.1) is 12.7 Å². The third-order valence-corrected chi connectivity index (χ3v) is 3.32. The third kappa shape index (κ3) is 2.71. The van der Waals surface area contributed by atoms with Crippen LogP contribution in [-0.4, -0.2) is 9.78 Å². The summed E-state index contributed by atoms with van der Waals surface area (Å²) in [6, 6.07) is 6.72. The van der Waals surface area contributed by atoms with E-state index >= 15 is 0 Å². The zero-order chi connectivity index (χ0) is 13.1. The van der Waals surface area contributed by atoms with E-state index in [-0.39, 0.29) is 5.82 Å². The van der Waals surface area contributed by atoms with Crippen LogP contribution >= 0.6 is 11.6 Å². The van der Waals surface area contributed by atoms with E-state index in [0.717, 1.165) is 11.4 Å². The van der Waals surface area contributed by atoms with Crippen molar-refractivity contribution in [3.8, 4) is 0 Å². The Morgan fingerprint density at radius 1 is 1.33 bits per heavy atom. The lowest BCUT2D eigenvalue weighted by Crippen LogP contribution is -2.16. The molecule has 0 bridgehead atoms. The summed E-state index contributed by atoms with van der Waals surface area (Å²) in [7, 11) is 1.85. The summed E-state index contributed by atoms with van der Waals surface area (Å²) in [6.45, 7) is 2.89. The van der Waals surface area contributed by atoms with Gasteiger partial charge in [-0.3, -0.25) is 4.68 Å². The van der Waals surface area contributed by atoms with Gasteiger partial charge in [-0.1, -0.05) is 29.8 Å². The fourth-order valence-corrected chi connectivity index (χ4v) is 2.06. The van der Waals surface area contributed by atoms with Gasteiger partial charge in [0, 0.05) is 25.7 Å². The maximum Gasteiger partial charge on any atom is 0.127 e. The number of aryl methyl sites for hydroxylation is 2. The van der Waals surface area contributed by atoms with Gasteiger partial charge >= 0.3 is 0 Å². The van der Waals surface area contributed by atoms with E-state index in [1.165, 1.54) is 6.07 Å². The van der Waals surface area contributed by atoms with E-state index in [1.807, 2.05) is 20.0 Å². The minimum atomic E-state index is -0.197. The highest BCUT2D eigenvalue weighted by Crippen LogP contribution is 2.19. The predicted molar refractivity (Wildman–Crippen MR) is 69.9 cm³/mol. The third-order valence-electron chi connectivity index (χ3n) is 2.83. The van der Waals surface area contributed by atoms with Gasteiger partial charge in [-0.2, -0.15) is 5.10 Å². The maximum absolute atomic E-state index is 13.4. The van der Waals surface area contributed by atoms with Gasteiger partial charge in [0.2, 0.25) is 0 Å². The van der Waals surface area contributed by atoms with Crippen molar-refractivity contribution in [2.45, 2.75) is 20.0 Å². The lowest BCUT2D eigenvalue weighted by molar-refractivity contribution is 0.576. The zero-order valence-corrected chi connectivity index (χ0v) is 11.1. The number of aromatic nitrogens is 2. The van der Waals surface area contributed by atoms with E-state index in [0.29, 0.717) is 23.7 Å². The van der Waals surface area contributed by atoms with E-state index < -0.39 is 0 Å². The van der Waals surface area contributed by atoms with Crippen LogP contribution in [0.4, 0.5) is 4.39 Å². The molecule has 3 nitrogen and oxygen atoms in total. The minimum Gasteiger partial charge on any atom is -0.307 e. The van der Waals surface area contributed by atoms with Gasteiger partial charge in [0.1, 0.15) is 5.82 Å². The number of nitrogens with zero attached hydrogens (tertiary/aromatic N) is 2. The molecule has 0 radical (unpaired) electrons. The molecule has 0 amide bonds. The van der Waals surface area contributed by atoms with Crippen LogP contribution in [-0.2, 0) is 20.1 Å². The number of rotatable bonds is 4. The topological polar surface area (TPSA) is 29.9 Å². The molecular weight excluding hydrogens is 253 g/mol. The SMILES string of the molecule is Cc1nn(C)c(CNCc2ccccc2F)c1Cl. The average Bonchev–Trinajstić information content (AvgIpc) is 2.58. The molecule has 1 N–H and O–H groups in total. The molecule has 2 rings (SSSR count). The molecule has 5 heteroatoms. The predicted octanol–water partition coefficient (Wildman–Crippen LogP) is 2.81. The lowest BCUT2D eigenvalue weighted by atomic mass is 10.2. The van der Waals surface area contributed by atoms with Gasteiger partial charge < -0.3 is 5.32 Å². The van der Waals surface area contributed by atoms with Crippen molar-refractivity contribution >= 4 is 11.6 Å². The first kappa shape index (κ1) is 13.1. The monoisotopic (exact) mass is 267 g/mol. The summed E-state index contributed by atoms with van der Waals surface area (Å²) in [4.78, 5) is 0. The Balaban J connectivity index is 1.99. The number of halogens is 2. The van der Waals surface area contributed by atoms with Crippen LogP contribution in [0.2, 0.25) is 5.02 Å². The summed E-state index contributed by atoms with van der Waals surface area (Å²) < 4.78 is 15.1. The Bertz CT molecular complexity index is 551. The fourth-order valence-electron chi connectivity index (χ4n) is 1.83. The number of hydrogen-bond donors (Lipinski definition) is 1. The highest BCUT2D eigenvalue weighted by molar-refractivity contribution is 6.31. The first-order chi connectivity index (χ1) is 8.59. The highest BCUT2D eigenvalue weighted by Gasteiger charge is 2.10. The van der Waals surface area contributed by atoms with Crippen LogP contribution in [0.25, 0.3) is 0 Å². The number of nitrogens with one attached hydrogen (secondary N) is 1. The van der Waals surface area contributed by atoms with Gasteiger partial charge in [0.25, 0.3) is 0 Å². The minimum absolute atomic E-state index is 0.197. The second kappa shape index (κ2) is 5.50. The molecule has 0 aliphatic carbocycles. The largest absolute Gasteiger partial charge is 0.307 e. The van der Waals surface area contributed by atoms with Gasteiger partial charge in [-0.05, 0) is 13.0 Å². The molecular formula is C13H15ClFN3. The quantitative estimate of drug-likeness (QED) is 0.923. The molecule has 0 saturated heterocycles. The summed E-state index contributed by atoms with van der Waals surface area (Å²) in [5.74, 6) is -0.197. The lowest BCUT2D eigenvalue weighted by Gasteiger charge is -2.06. The van der Waals surface area contributed by atoms with Crippen molar-refractivity contribution < 1.29 is 4.39 Å². The molecule has 18 heavy (non-hydrogen) atoms. The van der Waals surface area contributed by atoms with E-state index in [1.54, 1.807) is 16.8 Å². The van der Waals surface area contributed by atoms with E-state index in [9.17, 15) is 4.39 Å². The molecule has 1 heterocycles. The molecule has 0 aliphatic rings. The summed E-state index contributed by atoms with van der Waals surface area (Å²) in [5.41, 5.74) is 2.36. The van der Waals surface area contributed by atoms with Crippen LogP contribution in [0.15, 0.2) is 24.3 Å². The first-order valence-electron chi connectivity index (χ1n) is 5.71. The molecule has 0 spiro atoms. The summed E-state index contributed by atoms with van der Waals surface area (Å²) >= 11 is 6.13. The fraction of sp³-hybridized carbons (Fsp3) is 0.308. The molecule has 1 aromatic carbocycles. The summed E-state index contributed by atoms with van der Waals surface area (Å²) in [6.07, 6.45) is 0. The van der Waals surface area contributed by atoms with Gasteiger partial charge in [-0.25, -0.2) is 4.39 Å². The Morgan fingerprint density at radius 3 is 2.67 bits per heavy atom. The maximum atomic E-state index is 13.4. The van der Waals surface area contributed by atoms with Crippen molar-refractivity contribution in [2.24, 2.45) is 7.05 Å². The molecule has 0 atom stereocenters. The van der Waals surface area contributed by atoms with Crippen molar-refractivity contribution in [1.82, 2.24) is 15.1 Å². The molecule has 0 unspecified atom stereocenters. The summed E-state index contributed by atoms with van der Waals surface area (Å²) in [5, 5.41) is 8.06. The van der Waals surface area contributed by atoms with Crippen LogP contribution in [0.1, 0.15) is 17.0 Å².